The first-order valence-corrected chi connectivity index (χ1v) is 11.9. The lowest BCUT2D eigenvalue weighted by Gasteiger charge is -2.31. The molecule has 9 heteroatoms. The fraction of sp³-hybridized carbons (Fsp3) is 0.455. The Hall–Kier alpha value is -2.32. The number of amides is 2. The van der Waals surface area contributed by atoms with Gasteiger partial charge >= 0.3 is 0 Å². The van der Waals surface area contributed by atoms with Crippen LogP contribution in [0.25, 0.3) is 0 Å². The number of halogens is 1. The second-order valence-electron chi connectivity index (χ2n) is 7.58. The highest BCUT2D eigenvalue weighted by atomic mass is 35.5. The highest BCUT2D eigenvalue weighted by Crippen LogP contribution is 2.24. The molecule has 1 saturated heterocycles. The summed E-state index contributed by atoms with van der Waals surface area (Å²) < 4.78 is 0. The number of aromatic nitrogens is 2. The van der Waals surface area contributed by atoms with Crippen molar-refractivity contribution in [3.05, 3.63) is 40.9 Å². The molecule has 0 aliphatic carbocycles. The van der Waals surface area contributed by atoms with Crippen molar-refractivity contribution in [1.29, 1.82) is 0 Å². The van der Waals surface area contributed by atoms with Gasteiger partial charge in [0.15, 0.2) is 5.82 Å². The van der Waals surface area contributed by atoms with Gasteiger partial charge in [-0.25, -0.2) is 0 Å². The Morgan fingerprint density at radius 1 is 1.19 bits per heavy atom. The molecule has 2 N–H and O–H groups in total. The molecule has 0 spiro atoms. The largest absolute Gasteiger partial charge is 0.356 e. The fourth-order valence-electron chi connectivity index (χ4n) is 3.33. The Morgan fingerprint density at radius 3 is 2.61 bits per heavy atom. The van der Waals surface area contributed by atoms with Crippen molar-refractivity contribution >= 4 is 46.7 Å². The van der Waals surface area contributed by atoms with Gasteiger partial charge in [0.1, 0.15) is 5.03 Å². The molecule has 2 heterocycles. The van der Waals surface area contributed by atoms with Crippen molar-refractivity contribution < 1.29 is 9.59 Å². The van der Waals surface area contributed by atoms with E-state index in [1.807, 2.05) is 31.2 Å². The number of rotatable bonds is 8. The molecule has 1 aliphatic heterocycles. The summed E-state index contributed by atoms with van der Waals surface area (Å²) >= 11 is 7.43. The van der Waals surface area contributed by atoms with Gasteiger partial charge in [-0.1, -0.05) is 36.4 Å². The number of nitrogens with zero attached hydrogens (tertiary/aromatic N) is 3. The first kappa shape index (κ1) is 23.3. The van der Waals surface area contributed by atoms with Crippen molar-refractivity contribution in [2.45, 2.75) is 38.1 Å². The highest BCUT2D eigenvalue weighted by molar-refractivity contribution is 7.99. The molecule has 0 bridgehead atoms. The van der Waals surface area contributed by atoms with Gasteiger partial charge in [-0.15, -0.1) is 10.2 Å². The van der Waals surface area contributed by atoms with Crippen LogP contribution >= 0.6 is 23.4 Å². The summed E-state index contributed by atoms with van der Waals surface area (Å²) in [5.41, 5.74) is 1.64. The van der Waals surface area contributed by atoms with Crippen LogP contribution in [0.1, 0.15) is 31.7 Å². The molecule has 166 valence electrons. The van der Waals surface area contributed by atoms with E-state index in [1.165, 1.54) is 11.8 Å². The van der Waals surface area contributed by atoms with E-state index < -0.39 is 0 Å². The number of thioether (sulfide) groups is 1. The molecule has 0 saturated carbocycles. The average Bonchev–Trinajstić information content (AvgIpc) is 2.79. The molecule has 0 unspecified atom stereocenters. The Labute approximate surface area is 192 Å². The number of piperidine rings is 1. The number of carbonyl (C=O) groups is 2. The van der Waals surface area contributed by atoms with E-state index in [2.05, 4.69) is 32.7 Å². The summed E-state index contributed by atoms with van der Waals surface area (Å²) in [5.74, 6) is 1.14. The lowest BCUT2D eigenvalue weighted by Crippen LogP contribution is -2.41. The van der Waals surface area contributed by atoms with Crippen LogP contribution < -0.4 is 15.5 Å². The van der Waals surface area contributed by atoms with Crippen LogP contribution in [0.15, 0.2) is 35.4 Å². The highest BCUT2D eigenvalue weighted by Gasteiger charge is 2.25. The van der Waals surface area contributed by atoms with Gasteiger partial charge in [-0.2, -0.15) is 0 Å². The van der Waals surface area contributed by atoms with Crippen molar-refractivity contribution in [2.75, 3.05) is 35.6 Å². The maximum atomic E-state index is 12.2. The van der Waals surface area contributed by atoms with Crippen molar-refractivity contribution in [1.82, 2.24) is 15.5 Å². The van der Waals surface area contributed by atoms with Crippen LogP contribution in [0.5, 0.6) is 0 Å². The maximum Gasteiger partial charge on any atom is 0.234 e. The molecule has 7 nitrogen and oxygen atoms in total. The summed E-state index contributed by atoms with van der Waals surface area (Å²) in [6.45, 7) is 6.27. The lowest BCUT2D eigenvalue weighted by molar-refractivity contribution is -0.125. The van der Waals surface area contributed by atoms with E-state index in [1.54, 1.807) is 6.07 Å². The molecule has 2 amide bonds. The number of aryl methyl sites for hydroxylation is 1. The van der Waals surface area contributed by atoms with E-state index >= 15 is 0 Å². The smallest absolute Gasteiger partial charge is 0.234 e. The van der Waals surface area contributed by atoms with Gasteiger partial charge in [0, 0.05) is 36.3 Å². The molecule has 0 atom stereocenters. The molecule has 1 aliphatic rings. The SMILES string of the molecule is CCCNC(=O)C1CCN(c2ccc(SCC(=O)Nc3ccc(C)c(Cl)c3)nn2)CC1. The van der Waals surface area contributed by atoms with E-state index in [-0.39, 0.29) is 23.5 Å². The molecule has 2 aromatic rings. The molecule has 0 radical (unpaired) electrons. The molecule has 1 aromatic heterocycles. The van der Waals surface area contributed by atoms with Crippen LogP contribution in [-0.4, -0.2) is 47.4 Å². The monoisotopic (exact) mass is 461 g/mol. The molecule has 31 heavy (non-hydrogen) atoms. The first-order valence-electron chi connectivity index (χ1n) is 10.5. The normalized spacial score (nSPS) is 14.4. The third kappa shape index (κ3) is 6.83. The van der Waals surface area contributed by atoms with E-state index in [9.17, 15) is 9.59 Å². The second kappa shape index (κ2) is 11.3. The topological polar surface area (TPSA) is 87.2 Å². The summed E-state index contributed by atoms with van der Waals surface area (Å²) in [4.78, 5) is 26.5. The number of hydrogen-bond donors (Lipinski definition) is 2. The van der Waals surface area contributed by atoms with Crippen molar-refractivity contribution in [3.8, 4) is 0 Å². The zero-order valence-electron chi connectivity index (χ0n) is 17.9. The van der Waals surface area contributed by atoms with Gasteiger partial charge in [-0.3, -0.25) is 9.59 Å². The summed E-state index contributed by atoms with van der Waals surface area (Å²) in [7, 11) is 0. The van der Waals surface area contributed by atoms with E-state index in [4.69, 9.17) is 11.6 Å². The zero-order valence-corrected chi connectivity index (χ0v) is 19.4. The van der Waals surface area contributed by atoms with Crippen LogP contribution in [0.2, 0.25) is 5.02 Å². The third-order valence-corrected chi connectivity index (χ3v) is 6.50. The molecule has 1 aromatic carbocycles. The van der Waals surface area contributed by atoms with E-state index in [0.717, 1.165) is 50.3 Å². The molecular weight excluding hydrogens is 434 g/mol. The van der Waals surface area contributed by atoms with Crippen molar-refractivity contribution in [3.63, 3.8) is 0 Å². The minimum atomic E-state index is -0.126. The number of carbonyl (C=O) groups excluding carboxylic acids is 2. The summed E-state index contributed by atoms with van der Waals surface area (Å²) in [6, 6.07) is 9.24. The number of anilines is 2. The van der Waals surface area contributed by atoms with Crippen LogP contribution in [0, 0.1) is 12.8 Å². The Balaban J connectivity index is 1.44. The standard InChI is InChI=1S/C22H28ClN5O2S/c1-3-10-24-22(30)16-8-11-28(12-9-16)19-6-7-21(27-26-19)31-14-20(29)25-17-5-4-15(2)18(23)13-17/h4-7,13,16H,3,8-12,14H2,1-2H3,(H,24,30)(H,25,29). The minimum absolute atomic E-state index is 0.0764. The Morgan fingerprint density at radius 2 is 1.97 bits per heavy atom. The first-order chi connectivity index (χ1) is 15.0. The van der Waals surface area contributed by atoms with Crippen molar-refractivity contribution in [2.24, 2.45) is 5.92 Å². The van der Waals surface area contributed by atoms with Crippen LogP contribution in [-0.2, 0) is 9.59 Å². The predicted octanol–water partition coefficient (Wildman–Crippen LogP) is 3.91. The zero-order chi connectivity index (χ0) is 22.2. The van der Waals surface area contributed by atoms with Gasteiger partial charge in [0.05, 0.1) is 5.75 Å². The van der Waals surface area contributed by atoms with Gasteiger partial charge in [0.25, 0.3) is 0 Å². The molecule has 3 rings (SSSR count). The molecule has 1 fully saturated rings. The number of benzene rings is 1. The second-order valence-corrected chi connectivity index (χ2v) is 8.99. The average molecular weight is 462 g/mol. The number of nitrogens with one attached hydrogen (secondary N) is 2. The molecular formula is C22H28ClN5O2S. The maximum absolute atomic E-state index is 12.2. The summed E-state index contributed by atoms with van der Waals surface area (Å²) in [6.07, 6.45) is 2.58. The Kier molecular flexibility index (Phi) is 8.54. The number of hydrogen-bond acceptors (Lipinski definition) is 6. The van der Waals surface area contributed by atoms with Gasteiger partial charge in [0.2, 0.25) is 11.8 Å². The third-order valence-electron chi connectivity index (χ3n) is 5.17. The lowest BCUT2D eigenvalue weighted by atomic mass is 9.96. The quantitative estimate of drug-likeness (QED) is 0.579. The van der Waals surface area contributed by atoms with Crippen LogP contribution in [0.3, 0.4) is 0 Å². The Bertz CT molecular complexity index is 901. The van der Waals surface area contributed by atoms with E-state index in [0.29, 0.717) is 15.7 Å². The minimum Gasteiger partial charge on any atom is -0.356 e. The van der Waals surface area contributed by atoms with Crippen LogP contribution in [0.4, 0.5) is 11.5 Å². The van der Waals surface area contributed by atoms with Gasteiger partial charge in [-0.05, 0) is 56.0 Å². The predicted molar refractivity (Wildman–Crippen MR) is 126 cm³/mol. The fourth-order valence-corrected chi connectivity index (χ4v) is 4.12. The van der Waals surface area contributed by atoms with Gasteiger partial charge < -0.3 is 15.5 Å². The summed E-state index contributed by atoms with van der Waals surface area (Å²) in [5, 5.41) is 15.7.